The predicted molar refractivity (Wildman–Crippen MR) is 97.3 cm³/mol. The standard InChI is InChI=1S/C17H16ClNOS.ClH/c18-16-8-7-15(21-16)17(20)14(10-19)13-6-5-11-3-1-2-4-12(11)9-13;/h1-9,14,17,20H,10,19H2;1H. The zero-order valence-corrected chi connectivity index (χ0v) is 14.2. The van der Waals surface area contributed by atoms with Gasteiger partial charge in [-0.1, -0.05) is 54.1 Å². The lowest BCUT2D eigenvalue weighted by Crippen LogP contribution is -2.19. The molecule has 0 radical (unpaired) electrons. The zero-order chi connectivity index (χ0) is 14.8. The number of benzene rings is 2. The van der Waals surface area contributed by atoms with Crippen LogP contribution in [0.15, 0.2) is 54.6 Å². The largest absolute Gasteiger partial charge is 0.387 e. The van der Waals surface area contributed by atoms with Crippen molar-refractivity contribution < 1.29 is 5.11 Å². The maximum Gasteiger partial charge on any atom is 0.0962 e. The van der Waals surface area contributed by atoms with E-state index in [2.05, 4.69) is 24.3 Å². The van der Waals surface area contributed by atoms with Gasteiger partial charge < -0.3 is 10.8 Å². The van der Waals surface area contributed by atoms with Crippen LogP contribution in [0.3, 0.4) is 0 Å². The summed E-state index contributed by atoms with van der Waals surface area (Å²) in [5.41, 5.74) is 6.95. The van der Waals surface area contributed by atoms with E-state index in [4.69, 9.17) is 17.3 Å². The SMILES string of the molecule is Cl.NCC(c1ccc2ccccc2c1)C(O)c1ccc(Cl)s1. The van der Waals surface area contributed by atoms with Gasteiger partial charge in [0.25, 0.3) is 0 Å². The molecule has 3 rings (SSSR count). The molecule has 0 amide bonds. The normalized spacial score (nSPS) is 13.6. The highest BCUT2D eigenvalue weighted by Gasteiger charge is 2.23. The Morgan fingerprint density at radius 1 is 1.05 bits per heavy atom. The van der Waals surface area contributed by atoms with Crippen LogP contribution in [-0.2, 0) is 0 Å². The highest BCUT2D eigenvalue weighted by atomic mass is 35.5. The summed E-state index contributed by atoms with van der Waals surface area (Å²) in [4.78, 5) is 0.851. The molecule has 1 heterocycles. The smallest absolute Gasteiger partial charge is 0.0962 e. The number of rotatable bonds is 4. The Hall–Kier alpha value is -1.10. The van der Waals surface area contributed by atoms with Crippen molar-refractivity contribution in [1.29, 1.82) is 0 Å². The van der Waals surface area contributed by atoms with Gasteiger partial charge in [0.05, 0.1) is 10.4 Å². The van der Waals surface area contributed by atoms with Crippen LogP contribution in [0.4, 0.5) is 0 Å². The van der Waals surface area contributed by atoms with Crippen molar-refractivity contribution in [1.82, 2.24) is 0 Å². The summed E-state index contributed by atoms with van der Waals surface area (Å²) >= 11 is 7.35. The minimum Gasteiger partial charge on any atom is -0.387 e. The molecule has 0 fully saturated rings. The summed E-state index contributed by atoms with van der Waals surface area (Å²) in [6, 6.07) is 18.1. The van der Waals surface area contributed by atoms with E-state index in [1.54, 1.807) is 6.07 Å². The van der Waals surface area contributed by atoms with Gasteiger partial charge in [-0.3, -0.25) is 0 Å². The molecular formula is C17H17Cl2NOS. The third-order valence-corrected chi connectivity index (χ3v) is 5.02. The molecular weight excluding hydrogens is 337 g/mol. The van der Waals surface area contributed by atoms with E-state index in [0.29, 0.717) is 10.9 Å². The minimum absolute atomic E-state index is 0. The number of thiophene rings is 1. The molecule has 2 nitrogen and oxygen atoms in total. The minimum atomic E-state index is -0.631. The maximum atomic E-state index is 10.6. The van der Waals surface area contributed by atoms with Gasteiger partial charge in [-0.05, 0) is 28.5 Å². The average molecular weight is 354 g/mol. The lowest BCUT2D eigenvalue weighted by molar-refractivity contribution is 0.151. The molecule has 0 aliphatic rings. The molecule has 2 aromatic carbocycles. The van der Waals surface area contributed by atoms with Crippen molar-refractivity contribution in [2.24, 2.45) is 5.73 Å². The fourth-order valence-corrected chi connectivity index (χ4v) is 3.68. The number of fused-ring (bicyclic) bond motifs is 1. The van der Waals surface area contributed by atoms with Gasteiger partial charge in [0.15, 0.2) is 0 Å². The highest BCUT2D eigenvalue weighted by molar-refractivity contribution is 7.16. The second-order valence-corrected chi connectivity index (χ2v) is 6.78. The van der Waals surface area contributed by atoms with Crippen LogP contribution in [0, 0.1) is 0 Å². The van der Waals surface area contributed by atoms with Crippen molar-refractivity contribution in [3.05, 3.63) is 69.4 Å². The molecule has 0 saturated heterocycles. The Kier molecular flexibility index (Phi) is 5.84. The fraction of sp³-hybridized carbons (Fsp3) is 0.176. The van der Waals surface area contributed by atoms with Gasteiger partial charge in [-0.15, -0.1) is 23.7 Å². The quantitative estimate of drug-likeness (QED) is 0.710. The molecule has 0 saturated carbocycles. The van der Waals surface area contributed by atoms with Gasteiger partial charge in [0.2, 0.25) is 0 Å². The van der Waals surface area contributed by atoms with Crippen LogP contribution in [-0.4, -0.2) is 11.7 Å². The first kappa shape index (κ1) is 17.3. The molecule has 5 heteroatoms. The molecule has 0 aliphatic heterocycles. The topological polar surface area (TPSA) is 46.2 Å². The van der Waals surface area contributed by atoms with Crippen LogP contribution >= 0.6 is 35.3 Å². The third-order valence-electron chi connectivity index (χ3n) is 3.72. The van der Waals surface area contributed by atoms with Crippen LogP contribution < -0.4 is 5.73 Å². The lowest BCUT2D eigenvalue weighted by Gasteiger charge is -2.21. The molecule has 0 bridgehead atoms. The molecule has 3 N–H and O–H groups in total. The Labute approximate surface area is 144 Å². The average Bonchev–Trinajstić information content (AvgIpc) is 2.94. The predicted octanol–water partition coefficient (Wildman–Crippen LogP) is 4.75. The fourth-order valence-electron chi connectivity index (χ4n) is 2.57. The van der Waals surface area contributed by atoms with Gasteiger partial charge in [0, 0.05) is 17.3 Å². The molecule has 1 aromatic heterocycles. The van der Waals surface area contributed by atoms with E-state index in [1.807, 2.05) is 24.3 Å². The van der Waals surface area contributed by atoms with Crippen molar-refractivity contribution in [2.75, 3.05) is 6.54 Å². The summed E-state index contributed by atoms with van der Waals surface area (Å²) in [6.07, 6.45) is -0.631. The zero-order valence-electron chi connectivity index (χ0n) is 11.8. The molecule has 2 atom stereocenters. The van der Waals surface area contributed by atoms with Crippen LogP contribution in [0.25, 0.3) is 10.8 Å². The molecule has 22 heavy (non-hydrogen) atoms. The van der Waals surface area contributed by atoms with E-state index >= 15 is 0 Å². The van der Waals surface area contributed by atoms with Crippen molar-refractivity contribution >= 4 is 46.1 Å². The van der Waals surface area contributed by atoms with E-state index in [-0.39, 0.29) is 18.3 Å². The summed E-state index contributed by atoms with van der Waals surface area (Å²) in [5, 5.41) is 12.9. The van der Waals surface area contributed by atoms with Gasteiger partial charge in [-0.2, -0.15) is 0 Å². The molecule has 0 spiro atoms. The van der Waals surface area contributed by atoms with E-state index in [0.717, 1.165) is 15.8 Å². The van der Waals surface area contributed by atoms with Crippen LogP contribution in [0.5, 0.6) is 0 Å². The van der Waals surface area contributed by atoms with E-state index < -0.39 is 6.10 Å². The second kappa shape index (κ2) is 7.44. The van der Waals surface area contributed by atoms with Gasteiger partial charge in [-0.25, -0.2) is 0 Å². The highest BCUT2D eigenvalue weighted by Crippen LogP contribution is 2.36. The van der Waals surface area contributed by atoms with Crippen LogP contribution in [0.2, 0.25) is 4.34 Å². The third kappa shape index (κ3) is 3.45. The first-order chi connectivity index (χ1) is 10.2. The Morgan fingerprint density at radius 3 is 2.41 bits per heavy atom. The number of aliphatic hydroxyl groups excluding tert-OH is 1. The first-order valence-corrected chi connectivity index (χ1v) is 8.00. The monoisotopic (exact) mass is 353 g/mol. The summed E-state index contributed by atoms with van der Waals surface area (Å²) in [6.45, 7) is 0.384. The second-order valence-electron chi connectivity index (χ2n) is 5.04. The molecule has 116 valence electrons. The Balaban J connectivity index is 0.00000176. The summed E-state index contributed by atoms with van der Waals surface area (Å²) in [5.74, 6) is -0.135. The molecule has 2 unspecified atom stereocenters. The van der Waals surface area contributed by atoms with Crippen LogP contribution in [0.1, 0.15) is 22.5 Å². The van der Waals surface area contributed by atoms with Crippen molar-refractivity contribution in [3.8, 4) is 0 Å². The lowest BCUT2D eigenvalue weighted by atomic mass is 9.91. The van der Waals surface area contributed by atoms with Gasteiger partial charge in [0.1, 0.15) is 0 Å². The van der Waals surface area contributed by atoms with E-state index in [1.165, 1.54) is 16.7 Å². The summed E-state index contributed by atoms with van der Waals surface area (Å²) in [7, 11) is 0. The molecule has 3 aromatic rings. The van der Waals surface area contributed by atoms with Gasteiger partial charge >= 0.3 is 0 Å². The Bertz CT molecular complexity index is 759. The summed E-state index contributed by atoms with van der Waals surface area (Å²) < 4.78 is 0.679. The number of hydrogen-bond donors (Lipinski definition) is 2. The number of hydrogen-bond acceptors (Lipinski definition) is 3. The number of aliphatic hydroxyl groups is 1. The van der Waals surface area contributed by atoms with Crippen molar-refractivity contribution in [3.63, 3.8) is 0 Å². The van der Waals surface area contributed by atoms with Crippen molar-refractivity contribution in [2.45, 2.75) is 12.0 Å². The van der Waals surface area contributed by atoms with E-state index in [9.17, 15) is 5.11 Å². The Morgan fingerprint density at radius 2 is 1.77 bits per heavy atom. The maximum absolute atomic E-state index is 10.6. The first-order valence-electron chi connectivity index (χ1n) is 6.81. The number of halogens is 2. The number of nitrogens with two attached hydrogens (primary N) is 1. The molecule has 0 aliphatic carbocycles.